The maximum Gasteiger partial charge on any atom is 0.125 e. The minimum atomic E-state index is -0.866. The van der Waals surface area contributed by atoms with Crippen molar-refractivity contribution >= 4 is 15.9 Å². The average Bonchev–Trinajstić information content (AvgIpc) is 2.77. The number of rotatable bonds is 5. The Morgan fingerprint density at radius 2 is 2.21 bits per heavy atom. The summed E-state index contributed by atoms with van der Waals surface area (Å²) in [6.07, 6.45) is 1.48. The van der Waals surface area contributed by atoms with Gasteiger partial charge in [-0.15, -0.1) is 0 Å². The second-order valence-corrected chi connectivity index (χ2v) is 6.44. The van der Waals surface area contributed by atoms with Crippen LogP contribution < -0.4 is 4.74 Å². The van der Waals surface area contributed by atoms with Crippen molar-refractivity contribution in [3.8, 4) is 5.75 Å². The van der Waals surface area contributed by atoms with Crippen molar-refractivity contribution in [2.75, 3.05) is 20.3 Å². The highest BCUT2D eigenvalue weighted by molar-refractivity contribution is 9.10. The smallest absolute Gasteiger partial charge is 0.125 e. The van der Waals surface area contributed by atoms with Crippen LogP contribution in [0.4, 0.5) is 0 Å². The first-order valence-corrected chi connectivity index (χ1v) is 7.41. The van der Waals surface area contributed by atoms with Crippen LogP contribution in [0.2, 0.25) is 0 Å². The molecule has 0 saturated carbocycles. The molecule has 0 amide bonds. The summed E-state index contributed by atoms with van der Waals surface area (Å²) in [4.78, 5) is 0. The molecule has 0 aliphatic carbocycles. The molecule has 106 valence electrons. The number of fused-ring (bicyclic) bond motifs is 1. The second kappa shape index (κ2) is 5.81. The lowest BCUT2D eigenvalue weighted by atomic mass is 9.84. The molecular weight excluding hydrogens is 308 g/mol. The molecule has 1 atom stereocenters. The van der Waals surface area contributed by atoms with Crippen LogP contribution >= 0.6 is 15.9 Å². The minimum absolute atomic E-state index is 0.114. The van der Waals surface area contributed by atoms with Crippen molar-refractivity contribution in [3.05, 3.63) is 27.7 Å². The summed E-state index contributed by atoms with van der Waals surface area (Å²) in [7, 11) is 1.62. The van der Waals surface area contributed by atoms with E-state index >= 15 is 0 Å². The van der Waals surface area contributed by atoms with Gasteiger partial charge in [-0.05, 0) is 29.2 Å². The molecule has 0 saturated heterocycles. The molecule has 2 rings (SSSR count). The van der Waals surface area contributed by atoms with E-state index in [2.05, 4.69) is 22.0 Å². The van der Waals surface area contributed by atoms with Gasteiger partial charge in [-0.3, -0.25) is 0 Å². The molecule has 0 fully saturated rings. The van der Waals surface area contributed by atoms with Crippen LogP contribution in [0, 0.1) is 5.92 Å². The molecule has 1 aliphatic rings. The highest BCUT2D eigenvalue weighted by Gasteiger charge is 2.33. The first kappa shape index (κ1) is 14.8. The Hall–Kier alpha value is -0.580. The van der Waals surface area contributed by atoms with Crippen LogP contribution in [-0.4, -0.2) is 31.0 Å². The van der Waals surface area contributed by atoms with Crippen LogP contribution in [0.1, 0.15) is 25.0 Å². The fraction of sp³-hybridized carbons (Fsp3) is 0.600. The zero-order valence-corrected chi connectivity index (χ0v) is 13.3. The Kier molecular flexibility index (Phi) is 4.54. The predicted molar refractivity (Wildman–Crippen MR) is 78.7 cm³/mol. The first-order valence-electron chi connectivity index (χ1n) is 6.61. The topological polar surface area (TPSA) is 38.7 Å². The van der Waals surface area contributed by atoms with E-state index < -0.39 is 5.60 Å². The van der Waals surface area contributed by atoms with E-state index in [4.69, 9.17) is 9.47 Å². The molecule has 1 unspecified atom stereocenters. The van der Waals surface area contributed by atoms with Crippen LogP contribution in [0.5, 0.6) is 5.75 Å². The number of aliphatic hydroxyl groups is 1. The third kappa shape index (κ3) is 3.12. The summed E-state index contributed by atoms with van der Waals surface area (Å²) in [6.45, 7) is 5.07. The maximum absolute atomic E-state index is 10.8. The molecule has 3 nitrogen and oxygen atoms in total. The predicted octanol–water partition coefficient (Wildman–Crippen LogP) is 2.96. The Morgan fingerprint density at radius 1 is 1.47 bits per heavy atom. The largest absolute Gasteiger partial charge is 0.493 e. The molecule has 1 heterocycles. The molecule has 0 spiro atoms. The lowest BCUT2D eigenvalue weighted by molar-refractivity contribution is -0.0639. The third-order valence-electron chi connectivity index (χ3n) is 3.79. The molecule has 1 N–H and O–H groups in total. The van der Waals surface area contributed by atoms with E-state index in [1.807, 2.05) is 19.9 Å². The van der Waals surface area contributed by atoms with Crippen LogP contribution in [-0.2, 0) is 17.6 Å². The Balaban J connectivity index is 2.32. The highest BCUT2D eigenvalue weighted by atomic mass is 79.9. The van der Waals surface area contributed by atoms with Gasteiger partial charge in [0.1, 0.15) is 5.75 Å². The average molecular weight is 329 g/mol. The number of hydrogen-bond acceptors (Lipinski definition) is 3. The Morgan fingerprint density at radius 3 is 2.84 bits per heavy atom. The number of methoxy groups -OCH3 is 1. The quantitative estimate of drug-likeness (QED) is 0.903. The van der Waals surface area contributed by atoms with E-state index in [1.54, 1.807) is 7.11 Å². The van der Waals surface area contributed by atoms with Gasteiger partial charge in [-0.25, -0.2) is 0 Å². The first-order chi connectivity index (χ1) is 8.96. The number of halogens is 1. The number of benzene rings is 1. The molecule has 0 bridgehead atoms. The van der Waals surface area contributed by atoms with E-state index in [1.165, 1.54) is 5.56 Å². The molecule has 1 aromatic rings. The van der Waals surface area contributed by atoms with Gasteiger partial charge >= 0.3 is 0 Å². The summed E-state index contributed by atoms with van der Waals surface area (Å²) in [5.74, 6) is 1.06. The molecule has 0 aromatic heterocycles. The van der Waals surface area contributed by atoms with Crippen LogP contribution in [0.3, 0.4) is 0 Å². The lowest BCUT2D eigenvalue weighted by Crippen LogP contribution is -2.42. The molecule has 19 heavy (non-hydrogen) atoms. The van der Waals surface area contributed by atoms with Crippen LogP contribution in [0.15, 0.2) is 16.6 Å². The van der Waals surface area contributed by atoms with Crippen molar-refractivity contribution in [2.45, 2.75) is 32.3 Å². The number of ether oxygens (including phenoxy) is 2. The summed E-state index contributed by atoms with van der Waals surface area (Å²) in [5.41, 5.74) is 1.40. The normalized spacial score (nSPS) is 17.2. The summed E-state index contributed by atoms with van der Waals surface area (Å²) < 4.78 is 11.9. The van der Waals surface area contributed by atoms with Gasteiger partial charge in [0.2, 0.25) is 0 Å². The van der Waals surface area contributed by atoms with E-state index in [0.29, 0.717) is 13.0 Å². The molecular formula is C15H21BrO3. The van der Waals surface area contributed by atoms with Gasteiger partial charge in [0.15, 0.2) is 0 Å². The monoisotopic (exact) mass is 328 g/mol. The van der Waals surface area contributed by atoms with Crippen molar-refractivity contribution in [1.29, 1.82) is 0 Å². The van der Waals surface area contributed by atoms with Gasteiger partial charge in [0.05, 0.1) is 18.8 Å². The van der Waals surface area contributed by atoms with Crippen molar-refractivity contribution < 1.29 is 14.6 Å². The van der Waals surface area contributed by atoms with Crippen LogP contribution in [0.25, 0.3) is 0 Å². The lowest BCUT2D eigenvalue weighted by Gasteiger charge is -2.32. The van der Waals surface area contributed by atoms with Crippen molar-refractivity contribution in [2.24, 2.45) is 5.92 Å². The third-order valence-corrected chi connectivity index (χ3v) is 4.25. The highest BCUT2D eigenvalue weighted by Crippen LogP contribution is 2.36. The van der Waals surface area contributed by atoms with E-state index in [-0.39, 0.29) is 5.92 Å². The maximum atomic E-state index is 10.8. The molecule has 1 aliphatic heterocycles. The fourth-order valence-corrected chi connectivity index (χ4v) is 3.03. The standard InChI is InChI=1S/C15H21BrO3/c1-10(2)15(17,9-18-3)8-12-7-13(16)6-11-4-5-19-14(11)12/h6-7,10,17H,4-5,8-9H2,1-3H3. The Bertz CT molecular complexity index is 459. The molecule has 1 aromatic carbocycles. The Labute approximate surface area is 123 Å². The van der Waals surface area contributed by atoms with Gasteiger partial charge in [-0.1, -0.05) is 29.8 Å². The summed E-state index contributed by atoms with van der Waals surface area (Å²) in [6, 6.07) is 4.13. The van der Waals surface area contributed by atoms with E-state index in [9.17, 15) is 5.11 Å². The SMILES string of the molecule is COCC(O)(Cc1cc(Br)cc2c1OCC2)C(C)C. The van der Waals surface area contributed by atoms with E-state index in [0.717, 1.165) is 28.8 Å². The van der Waals surface area contributed by atoms with Gasteiger partial charge < -0.3 is 14.6 Å². The zero-order valence-electron chi connectivity index (χ0n) is 11.7. The van der Waals surface area contributed by atoms with Crippen molar-refractivity contribution in [1.82, 2.24) is 0 Å². The zero-order chi connectivity index (χ0) is 14.0. The van der Waals surface area contributed by atoms with Gasteiger partial charge in [0, 0.05) is 24.4 Å². The van der Waals surface area contributed by atoms with Gasteiger partial charge in [0.25, 0.3) is 0 Å². The second-order valence-electron chi connectivity index (χ2n) is 5.52. The van der Waals surface area contributed by atoms with Gasteiger partial charge in [-0.2, -0.15) is 0 Å². The molecule has 4 heteroatoms. The minimum Gasteiger partial charge on any atom is -0.493 e. The molecule has 0 radical (unpaired) electrons. The number of hydrogen-bond donors (Lipinski definition) is 1. The summed E-state index contributed by atoms with van der Waals surface area (Å²) in [5, 5.41) is 10.8. The summed E-state index contributed by atoms with van der Waals surface area (Å²) >= 11 is 3.53. The van der Waals surface area contributed by atoms with Crippen molar-refractivity contribution in [3.63, 3.8) is 0 Å². The fourth-order valence-electron chi connectivity index (χ4n) is 2.48.